The van der Waals surface area contributed by atoms with Crippen LogP contribution in [0, 0.1) is 5.82 Å². The maximum atomic E-state index is 13.6. The number of carbonyl (C=O) groups is 1. The summed E-state index contributed by atoms with van der Waals surface area (Å²) in [5, 5.41) is 5.21. The van der Waals surface area contributed by atoms with Crippen LogP contribution >= 0.6 is 11.6 Å². The first-order valence-electron chi connectivity index (χ1n) is 6.72. The van der Waals surface area contributed by atoms with E-state index in [1.54, 1.807) is 7.11 Å². The normalized spacial score (nSPS) is 10.1. The zero-order valence-corrected chi connectivity index (χ0v) is 12.8. The lowest BCUT2D eigenvalue weighted by molar-refractivity contribution is 0.252. The summed E-state index contributed by atoms with van der Waals surface area (Å²) in [7, 11) is 1.60. The maximum Gasteiger partial charge on any atom is 0.319 e. The number of amides is 2. The van der Waals surface area contributed by atoms with Crippen LogP contribution < -0.4 is 15.4 Å². The van der Waals surface area contributed by atoms with Crippen molar-refractivity contribution < 1.29 is 13.9 Å². The van der Waals surface area contributed by atoms with E-state index in [2.05, 4.69) is 10.6 Å². The number of nitrogens with one attached hydrogen (secondary N) is 2. The Morgan fingerprint density at radius 3 is 2.73 bits per heavy atom. The first kappa shape index (κ1) is 16.1. The van der Waals surface area contributed by atoms with E-state index in [1.807, 2.05) is 24.3 Å². The van der Waals surface area contributed by atoms with Crippen LogP contribution in [0.15, 0.2) is 42.5 Å². The molecule has 0 heterocycles. The zero-order valence-electron chi connectivity index (χ0n) is 12.0. The number of rotatable bonds is 5. The predicted molar refractivity (Wildman–Crippen MR) is 85.1 cm³/mol. The molecule has 2 aromatic carbocycles. The van der Waals surface area contributed by atoms with Gasteiger partial charge < -0.3 is 15.4 Å². The largest absolute Gasteiger partial charge is 0.496 e. The van der Waals surface area contributed by atoms with Crippen molar-refractivity contribution in [2.24, 2.45) is 0 Å². The molecule has 6 heteroatoms. The standard InChI is InChI=1S/C16H16ClFN2O2/c1-22-14-8-3-2-5-11(14)9-10-19-16(21)20-15-12(17)6-4-7-13(15)18/h2-8H,9-10H2,1H3,(H2,19,20,21). The van der Waals surface area contributed by atoms with Gasteiger partial charge in [-0.2, -0.15) is 0 Å². The molecular weight excluding hydrogens is 307 g/mol. The molecule has 0 aliphatic heterocycles. The van der Waals surface area contributed by atoms with Crippen LogP contribution in [0.5, 0.6) is 5.75 Å². The van der Waals surface area contributed by atoms with Crippen LogP contribution in [0.4, 0.5) is 14.9 Å². The molecule has 0 radical (unpaired) electrons. The number of benzene rings is 2. The molecule has 0 atom stereocenters. The summed E-state index contributed by atoms with van der Waals surface area (Å²) in [6, 6.07) is 11.3. The van der Waals surface area contributed by atoms with Crippen molar-refractivity contribution in [1.82, 2.24) is 5.32 Å². The first-order valence-corrected chi connectivity index (χ1v) is 7.10. The van der Waals surface area contributed by atoms with Gasteiger partial charge in [0.05, 0.1) is 17.8 Å². The summed E-state index contributed by atoms with van der Waals surface area (Å²) in [5.74, 6) is 0.189. The molecule has 4 nitrogen and oxygen atoms in total. The topological polar surface area (TPSA) is 50.4 Å². The van der Waals surface area contributed by atoms with Crippen molar-refractivity contribution in [3.8, 4) is 5.75 Å². The van der Waals surface area contributed by atoms with Crippen LogP contribution in [-0.2, 0) is 6.42 Å². The highest BCUT2D eigenvalue weighted by atomic mass is 35.5. The molecule has 0 aliphatic carbocycles. The Balaban J connectivity index is 1.88. The van der Waals surface area contributed by atoms with E-state index in [9.17, 15) is 9.18 Å². The lowest BCUT2D eigenvalue weighted by atomic mass is 10.1. The molecule has 116 valence electrons. The van der Waals surface area contributed by atoms with Gasteiger partial charge in [-0.1, -0.05) is 35.9 Å². The van der Waals surface area contributed by atoms with E-state index in [0.29, 0.717) is 13.0 Å². The third-order valence-electron chi connectivity index (χ3n) is 3.07. The van der Waals surface area contributed by atoms with Gasteiger partial charge in [0.15, 0.2) is 0 Å². The quantitative estimate of drug-likeness (QED) is 0.878. The Bertz CT molecular complexity index is 644. The minimum absolute atomic E-state index is 0.0287. The molecule has 2 rings (SSSR count). The molecule has 0 unspecified atom stereocenters. The minimum Gasteiger partial charge on any atom is -0.496 e. The van der Waals surface area contributed by atoms with Crippen LogP contribution in [0.25, 0.3) is 0 Å². The molecule has 0 fully saturated rings. The number of carbonyl (C=O) groups excluding carboxylic acids is 1. The third kappa shape index (κ3) is 4.11. The monoisotopic (exact) mass is 322 g/mol. The number of hydrogen-bond acceptors (Lipinski definition) is 2. The van der Waals surface area contributed by atoms with E-state index in [0.717, 1.165) is 11.3 Å². The second-order valence-electron chi connectivity index (χ2n) is 4.54. The Morgan fingerprint density at radius 1 is 1.23 bits per heavy atom. The molecule has 0 bridgehead atoms. The van der Waals surface area contributed by atoms with Crippen molar-refractivity contribution in [1.29, 1.82) is 0 Å². The number of urea groups is 1. The smallest absolute Gasteiger partial charge is 0.319 e. The summed E-state index contributed by atoms with van der Waals surface area (Å²) in [6.45, 7) is 0.387. The van der Waals surface area contributed by atoms with E-state index >= 15 is 0 Å². The highest BCUT2D eigenvalue weighted by Gasteiger charge is 2.10. The molecular formula is C16H16ClFN2O2. The molecule has 22 heavy (non-hydrogen) atoms. The van der Waals surface area contributed by atoms with Crippen LogP contribution in [0.1, 0.15) is 5.56 Å². The number of para-hydroxylation sites is 2. The van der Waals surface area contributed by atoms with E-state index in [4.69, 9.17) is 16.3 Å². The summed E-state index contributed by atoms with van der Waals surface area (Å²) in [6.07, 6.45) is 0.600. The van der Waals surface area contributed by atoms with Gasteiger partial charge in [0, 0.05) is 6.54 Å². The number of halogens is 2. The Hall–Kier alpha value is -2.27. The number of anilines is 1. The molecule has 2 aromatic rings. The molecule has 0 saturated carbocycles. The van der Waals surface area contributed by atoms with Crippen molar-refractivity contribution in [2.75, 3.05) is 19.0 Å². The number of hydrogen-bond donors (Lipinski definition) is 2. The van der Waals surface area contributed by atoms with Gasteiger partial charge in [-0.05, 0) is 30.2 Å². The highest BCUT2D eigenvalue weighted by molar-refractivity contribution is 6.33. The molecule has 2 amide bonds. The second kappa shape index (κ2) is 7.66. The fraction of sp³-hybridized carbons (Fsp3) is 0.188. The molecule has 0 aromatic heterocycles. The van der Waals surface area contributed by atoms with E-state index < -0.39 is 11.8 Å². The van der Waals surface area contributed by atoms with Gasteiger partial charge in [-0.25, -0.2) is 9.18 Å². The summed E-state index contributed by atoms with van der Waals surface area (Å²) in [4.78, 5) is 11.8. The summed E-state index contributed by atoms with van der Waals surface area (Å²) >= 11 is 5.84. The highest BCUT2D eigenvalue weighted by Crippen LogP contribution is 2.24. The average molecular weight is 323 g/mol. The van der Waals surface area contributed by atoms with Crippen molar-refractivity contribution >= 4 is 23.3 Å². The van der Waals surface area contributed by atoms with Crippen molar-refractivity contribution in [3.05, 3.63) is 58.9 Å². The second-order valence-corrected chi connectivity index (χ2v) is 4.95. The van der Waals surface area contributed by atoms with Gasteiger partial charge in [-0.3, -0.25) is 0 Å². The van der Waals surface area contributed by atoms with Gasteiger partial charge in [0.2, 0.25) is 0 Å². The molecule has 2 N–H and O–H groups in total. The van der Waals surface area contributed by atoms with Crippen molar-refractivity contribution in [3.63, 3.8) is 0 Å². The predicted octanol–water partition coefficient (Wildman–Crippen LogP) is 3.85. The van der Waals surface area contributed by atoms with E-state index in [-0.39, 0.29) is 10.7 Å². The van der Waals surface area contributed by atoms with Gasteiger partial charge in [0.1, 0.15) is 11.6 Å². The zero-order chi connectivity index (χ0) is 15.9. The average Bonchev–Trinajstić information content (AvgIpc) is 2.51. The van der Waals surface area contributed by atoms with Crippen LogP contribution in [0.3, 0.4) is 0 Å². The van der Waals surface area contributed by atoms with Gasteiger partial charge in [-0.15, -0.1) is 0 Å². The van der Waals surface area contributed by atoms with Gasteiger partial charge in [0.25, 0.3) is 0 Å². The van der Waals surface area contributed by atoms with Crippen LogP contribution in [0.2, 0.25) is 5.02 Å². The fourth-order valence-electron chi connectivity index (χ4n) is 2.00. The Morgan fingerprint density at radius 2 is 2.00 bits per heavy atom. The van der Waals surface area contributed by atoms with Crippen LogP contribution in [-0.4, -0.2) is 19.7 Å². The van der Waals surface area contributed by atoms with Gasteiger partial charge >= 0.3 is 6.03 Å². The minimum atomic E-state index is -0.577. The molecule has 0 saturated heterocycles. The third-order valence-corrected chi connectivity index (χ3v) is 3.39. The fourth-order valence-corrected chi connectivity index (χ4v) is 2.21. The number of ether oxygens (including phenoxy) is 1. The Labute approximate surface area is 133 Å². The summed E-state index contributed by atoms with van der Waals surface area (Å²) in [5.41, 5.74) is 0.952. The lowest BCUT2D eigenvalue weighted by Crippen LogP contribution is -2.31. The SMILES string of the molecule is COc1ccccc1CCNC(=O)Nc1c(F)cccc1Cl. The lowest BCUT2D eigenvalue weighted by Gasteiger charge is -2.11. The van der Waals surface area contributed by atoms with Crippen molar-refractivity contribution in [2.45, 2.75) is 6.42 Å². The molecule has 0 spiro atoms. The maximum absolute atomic E-state index is 13.6. The molecule has 0 aliphatic rings. The first-order chi connectivity index (χ1) is 10.6. The number of methoxy groups -OCH3 is 1. The Kier molecular flexibility index (Phi) is 5.61. The summed E-state index contributed by atoms with van der Waals surface area (Å²) < 4.78 is 18.8. The van der Waals surface area contributed by atoms with E-state index in [1.165, 1.54) is 18.2 Å².